The molecular weight excluding hydrogens is 480 g/mol. The fraction of sp³-hybridized carbons (Fsp3) is 0.0833. The summed E-state index contributed by atoms with van der Waals surface area (Å²) in [5.74, 6) is -6.39. The molecule has 0 aliphatic carbocycles. The standard InChI is InChI=1S/C24H17F2N3O5S/c1-13(30)29-35(33,34)18-6-4-5-14(11-18)22(31)21(23(32)15-9-16(25)12-17(26)10-15)24-27-19-7-2-3-8-20(19)28-24/h2-12,21H,1H3,(H,27,28)(H,29,30). The van der Waals surface area contributed by atoms with Gasteiger partial charge in [0.1, 0.15) is 23.4 Å². The molecule has 0 fully saturated rings. The zero-order valence-electron chi connectivity index (χ0n) is 18.1. The molecule has 1 amide bonds. The molecule has 3 aromatic carbocycles. The van der Waals surface area contributed by atoms with E-state index in [9.17, 15) is 31.6 Å². The Morgan fingerprint density at radius 2 is 1.54 bits per heavy atom. The normalized spacial score (nSPS) is 12.3. The van der Waals surface area contributed by atoms with E-state index in [1.54, 1.807) is 29.0 Å². The fourth-order valence-corrected chi connectivity index (χ4v) is 4.61. The molecule has 0 aliphatic heterocycles. The number of carbonyl (C=O) groups excluding carboxylic acids is 3. The predicted octanol–water partition coefficient (Wildman–Crippen LogP) is 3.52. The van der Waals surface area contributed by atoms with E-state index in [1.807, 2.05) is 0 Å². The highest BCUT2D eigenvalue weighted by Crippen LogP contribution is 2.27. The maximum Gasteiger partial charge on any atom is 0.264 e. The van der Waals surface area contributed by atoms with Gasteiger partial charge in [0.2, 0.25) is 5.91 Å². The number of ketones is 2. The van der Waals surface area contributed by atoms with Crippen LogP contribution in [-0.2, 0) is 14.8 Å². The number of para-hydroxylation sites is 2. The largest absolute Gasteiger partial charge is 0.341 e. The lowest BCUT2D eigenvalue weighted by Crippen LogP contribution is -2.28. The number of amides is 1. The SMILES string of the molecule is CC(=O)NS(=O)(=O)c1cccc(C(=O)C(C(=O)c2cc(F)cc(F)c2)c2nc3ccccc3[nH]2)c1. The molecule has 178 valence electrons. The first-order valence-electron chi connectivity index (χ1n) is 10.2. The van der Waals surface area contributed by atoms with Gasteiger partial charge >= 0.3 is 0 Å². The molecule has 11 heteroatoms. The lowest BCUT2D eigenvalue weighted by molar-refractivity contribution is -0.117. The number of sulfonamides is 1. The molecule has 0 spiro atoms. The monoisotopic (exact) mass is 497 g/mol. The van der Waals surface area contributed by atoms with Crippen molar-refractivity contribution in [2.24, 2.45) is 0 Å². The number of nitrogens with one attached hydrogen (secondary N) is 2. The molecule has 35 heavy (non-hydrogen) atoms. The predicted molar refractivity (Wildman–Crippen MR) is 121 cm³/mol. The Bertz CT molecular complexity index is 1540. The Morgan fingerprint density at radius 3 is 2.20 bits per heavy atom. The quantitative estimate of drug-likeness (QED) is 0.297. The average Bonchev–Trinajstić information content (AvgIpc) is 3.21. The van der Waals surface area contributed by atoms with Gasteiger partial charge in [-0.05, 0) is 36.4 Å². The van der Waals surface area contributed by atoms with Gasteiger partial charge in [-0.2, -0.15) is 0 Å². The van der Waals surface area contributed by atoms with Crippen molar-refractivity contribution in [2.75, 3.05) is 0 Å². The van der Waals surface area contributed by atoms with Gasteiger partial charge in [-0.3, -0.25) is 14.4 Å². The van der Waals surface area contributed by atoms with E-state index in [1.165, 1.54) is 18.2 Å². The van der Waals surface area contributed by atoms with Crippen LogP contribution in [-0.4, -0.2) is 35.9 Å². The zero-order valence-corrected chi connectivity index (χ0v) is 18.9. The summed E-state index contributed by atoms with van der Waals surface area (Å²) in [6, 6.07) is 13.6. The molecule has 2 N–H and O–H groups in total. The molecule has 0 aliphatic rings. The maximum atomic E-state index is 13.8. The van der Waals surface area contributed by atoms with Crippen LogP contribution in [0.2, 0.25) is 0 Å². The van der Waals surface area contributed by atoms with Crippen LogP contribution in [0.4, 0.5) is 8.78 Å². The number of benzene rings is 3. The Morgan fingerprint density at radius 1 is 0.886 bits per heavy atom. The van der Waals surface area contributed by atoms with Crippen molar-refractivity contribution in [1.29, 1.82) is 0 Å². The highest BCUT2D eigenvalue weighted by Gasteiger charge is 2.34. The second kappa shape index (κ2) is 9.18. The molecule has 0 saturated carbocycles. The van der Waals surface area contributed by atoms with E-state index in [-0.39, 0.29) is 16.3 Å². The third kappa shape index (κ3) is 4.99. The molecule has 1 aromatic heterocycles. The number of H-pyrrole nitrogens is 1. The zero-order chi connectivity index (χ0) is 25.3. The minimum absolute atomic E-state index is 0.0824. The topological polar surface area (TPSA) is 126 Å². The van der Waals surface area contributed by atoms with Crippen LogP contribution in [0.25, 0.3) is 11.0 Å². The number of aromatic nitrogens is 2. The molecular formula is C24H17F2N3O5S. The number of hydrogen-bond acceptors (Lipinski definition) is 6. The minimum Gasteiger partial charge on any atom is -0.341 e. The van der Waals surface area contributed by atoms with Gasteiger partial charge in [0.25, 0.3) is 10.0 Å². The fourth-order valence-electron chi connectivity index (χ4n) is 3.57. The Kier molecular flexibility index (Phi) is 6.27. The van der Waals surface area contributed by atoms with Crippen LogP contribution in [0.5, 0.6) is 0 Å². The lowest BCUT2D eigenvalue weighted by Gasteiger charge is -2.14. The number of halogens is 2. The van der Waals surface area contributed by atoms with Crippen molar-refractivity contribution < 1.29 is 31.6 Å². The van der Waals surface area contributed by atoms with E-state index in [0.717, 1.165) is 25.1 Å². The van der Waals surface area contributed by atoms with Gasteiger partial charge < -0.3 is 4.98 Å². The first kappa shape index (κ1) is 23.9. The summed E-state index contributed by atoms with van der Waals surface area (Å²) in [5, 5.41) is 0. The maximum absolute atomic E-state index is 13.8. The van der Waals surface area contributed by atoms with Gasteiger partial charge in [-0.15, -0.1) is 0 Å². The van der Waals surface area contributed by atoms with Crippen LogP contribution in [0.15, 0.2) is 71.6 Å². The second-order valence-corrected chi connectivity index (χ2v) is 9.33. The Labute approximate surface area is 198 Å². The molecule has 1 heterocycles. The number of hydrogen-bond donors (Lipinski definition) is 2. The van der Waals surface area contributed by atoms with Gasteiger partial charge in [-0.1, -0.05) is 24.3 Å². The summed E-state index contributed by atoms with van der Waals surface area (Å²) in [6.45, 7) is 1.01. The third-order valence-electron chi connectivity index (χ3n) is 5.06. The summed E-state index contributed by atoms with van der Waals surface area (Å²) < 4.78 is 54.2. The van der Waals surface area contributed by atoms with Gasteiger partial charge in [0, 0.05) is 24.1 Å². The number of carbonyl (C=O) groups is 3. The second-order valence-electron chi connectivity index (χ2n) is 7.65. The van der Waals surface area contributed by atoms with E-state index in [4.69, 9.17) is 0 Å². The number of aromatic amines is 1. The first-order chi connectivity index (χ1) is 16.5. The molecule has 1 atom stereocenters. The van der Waals surface area contributed by atoms with E-state index in [2.05, 4.69) is 9.97 Å². The molecule has 8 nitrogen and oxygen atoms in total. The molecule has 0 bridgehead atoms. The van der Waals surface area contributed by atoms with Crippen LogP contribution in [0.3, 0.4) is 0 Å². The molecule has 0 saturated heterocycles. The highest BCUT2D eigenvalue weighted by atomic mass is 32.2. The van der Waals surface area contributed by atoms with Crippen LogP contribution < -0.4 is 4.72 Å². The van der Waals surface area contributed by atoms with Gasteiger partial charge in [0.05, 0.1) is 15.9 Å². The third-order valence-corrected chi connectivity index (χ3v) is 6.49. The summed E-state index contributed by atoms with van der Waals surface area (Å²) in [5.41, 5.74) is 0.372. The van der Waals surface area contributed by atoms with Crippen LogP contribution in [0.1, 0.15) is 39.4 Å². The molecule has 1 unspecified atom stereocenters. The molecule has 4 aromatic rings. The molecule has 4 rings (SSSR count). The summed E-state index contributed by atoms with van der Waals surface area (Å²) in [6.07, 6.45) is 0. The van der Waals surface area contributed by atoms with Gasteiger partial charge in [-0.25, -0.2) is 26.9 Å². The van der Waals surface area contributed by atoms with E-state index < -0.39 is 50.6 Å². The Balaban J connectivity index is 1.84. The van der Waals surface area contributed by atoms with Crippen LogP contribution >= 0.6 is 0 Å². The highest BCUT2D eigenvalue weighted by molar-refractivity contribution is 7.90. The van der Waals surface area contributed by atoms with E-state index in [0.29, 0.717) is 17.1 Å². The first-order valence-corrected chi connectivity index (χ1v) is 11.7. The number of Topliss-reactive ketones (excluding diaryl/α,β-unsaturated/α-hetero) is 2. The summed E-state index contributed by atoms with van der Waals surface area (Å²) in [4.78, 5) is 45.0. The van der Waals surface area contributed by atoms with Crippen LogP contribution in [0, 0.1) is 11.6 Å². The number of fused-ring (bicyclic) bond motifs is 1. The van der Waals surface area contributed by atoms with Crippen molar-refractivity contribution in [2.45, 2.75) is 17.7 Å². The summed E-state index contributed by atoms with van der Waals surface area (Å²) >= 11 is 0. The smallest absolute Gasteiger partial charge is 0.264 e. The minimum atomic E-state index is -4.27. The Hall–Kier alpha value is -4.25. The van der Waals surface area contributed by atoms with E-state index >= 15 is 0 Å². The average molecular weight is 497 g/mol. The number of nitrogens with zero attached hydrogens (tertiary/aromatic N) is 1. The lowest BCUT2D eigenvalue weighted by atomic mass is 9.89. The van der Waals surface area contributed by atoms with Crippen molar-refractivity contribution in [3.05, 3.63) is 95.3 Å². The van der Waals surface area contributed by atoms with Crippen molar-refractivity contribution in [3.8, 4) is 0 Å². The van der Waals surface area contributed by atoms with Crippen molar-refractivity contribution >= 4 is 38.5 Å². The van der Waals surface area contributed by atoms with Crippen molar-refractivity contribution in [1.82, 2.24) is 14.7 Å². The summed E-state index contributed by atoms with van der Waals surface area (Å²) in [7, 11) is -4.27. The van der Waals surface area contributed by atoms with Crippen molar-refractivity contribution in [3.63, 3.8) is 0 Å². The van der Waals surface area contributed by atoms with Gasteiger partial charge in [0.15, 0.2) is 11.6 Å². The number of imidazole rings is 1. The molecule has 0 radical (unpaired) electrons. The number of rotatable bonds is 7.